The molecule has 0 spiro atoms. The molecule has 0 aliphatic carbocycles. The summed E-state index contributed by atoms with van der Waals surface area (Å²) in [6.45, 7) is 3.00. The minimum atomic E-state index is -0.150. The van der Waals surface area contributed by atoms with E-state index in [1.807, 2.05) is 14.0 Å². The average Bonchev–Trinajstić information content (AvgIpc) is 2.38. The van der Waals surface area contributed by atoms with Gasteiger partial charge in [-0.25, -0.2) is 9.66 Å². The van der Waals surface area contributed by atoms with E-state index in [0.717, 1.165) is 0 Å². The van der Waals surface area contributed by atoms with Crippen LogP contribution in [-0.2, 0) is 6.42 Å². The second kappa shape index (κ2) is 5.59. The Balaban J connectivity index is 2.78. The lowest BCUT2D eigenvalue weighted by atomic mass is 10.2. The lowest BCUT2D eigenvalue weighted by Crippen LogP contribution is -2.44. The van der Waals surface area contributed by atoms with Gasteiger partial charge < -0.3 is 10.7 Å². The molecule has 0 saturated carbocycles. The van der Waals surface area contributed by atoms with E-state index in [1.54, 1.807) is 27.9 Å². The summed E-state index contributed by atoms with van der Waals surface area (Å²) < 4.78 is 1.56. The van der Waals surface area contributed by atoms with Crippen molar-refractivity contribution in [1.29, 1.82) is 0 Å². The molecule has 0 atom stereocenters. The molecule has 0 amide bonds. The molecule has 1 heterocycles. The first-order chi connectivity index (χ1) is 9.10. The lowest BCUT2D eigenvalue weighted by molar-refractivity contribution is 0.592. The molecule has 2 aromatic rings. The maximum Gasteiger partial charge on any atom is 0.281 e. The Morgan fingerprint density at radius 3 is 2.84 bits per heavy atom. The number of hydrogen-bond acceptors (Lipinski definition) is 4. The molecule has 6 heteroatoms. The molecule has 0 bridgehead atoms. The van der Waals surface area contributed by atoms with Crippen LogP contribution in [0.2, 0.25) is 5.02 Å². The average molecular weight is 281 g/mol. The van der Waals surface area contributed by atoms with E-state index in [2.05, 4.69) is 4.98 Å². The van der Waals surface area contributed by atoms with Crippen molar-refractivity contribution in [1.82, 2.24) is 9.66 Å². The number of aryl methyl sites for hydroxylation is 1. The molecule has 0 radical (unpaired) electrons. The molecule has 0 aliphatic rings. The van der Waals surface area contributed by atoms with Crippen LogP contribution in [0, 0.1) is 0 Å². The van der Waals surface area contributed by atoms with Gasteiger partial charge in [-0.05, 0) is 12.1 Å². The van der Waals surface area contributed by atoms with Crippen molar-refractivity contribution >= 4 is 22.5 Å². The molecule has 5 nitrogen and oxygen atoms in total. The zero-order chi connectivity index (χ0) is 14.0. The van der Waals surface area contributed by atoms with Crippen molar-refractivity contribution in [2.24, 2.45) is 5.73 Å². The molecule has 0 unspecified atom stereocenters. The standard InChI is InChI=1S/C13H17ClN4O/c1-3-11-16-10-6-4-5-9(14)12(10)13(19)18(11)17(2)8-7-15/h4-6H,3,7-8,15H2,1-2H3. The van der Waals surface area contributed by atoms with Gasteiger partial charge in [-0.2, -0.15) is 0 Å². The van der Waals surface area contributed by atoms with Gasteiger partial charge in [0.25, 0.3) is 5.56 Å². The topological polar surface area (TPSA) is 64.2 Å². The Bertz CT molecular complexity index is 653. The van der Waals surface area contributed by atoms with Crippen LogP contribution >= 0.6 is 11.6 Å². The fourth-order valence-electron chi connectivity index (χ4n) is 2.09. The number of nitrogens with two attached hydrogens (primary N) is 1. The van der Waals surface area contributed by atoms with Crippen molar-refractivity contribution in [2.75, 3.05) is 25.1 Å². The Hall–Kier alpha value is -1.59. The number of likely N-dealkylation sites (N-methyl/N-ethyl adjacent to an activating group) is 1. The van der Waals surface area contributed by atoms with Crippen LogP contribution < -0.4 is 16.3 Å². The third-order valence-corrected chi connectivity index (χ3v) is 3.32. The largest absolute Gasteiger partial charge is 0.329 e. The summed E-state index contributed by atoms with van der Waals surface area (Å²) in [5.41, 5.74) is 6.03. The first-order valence-electron chi connectivity index (χ1n) is 6.21. The number of aromatic nitrogens is 2. The van der Waals surface area contributed by atoms with Crippen LogP contribution in [0.25, 0.3) is 10.9 Å². The molecule has 1 aromatic heterocycles. The summed E-state index contributed by atoms with van der Waals surface area (Å²) in [6.07, 6.45) is 0.659. The third-order valence-electron chi connectivity index (χ3n) is 3.00. The normalized spacial score (nSPS) is 10.9. The maximum absolute atomic E-state index is 12.6. The molecule has 2 N–H and O–H groups in total. The van der Waals surface area contributed by atoms with Crippen molar-refractivity contribution in [3.63, 3.8) is 0 Å². The van der Waals surface area contributed by atoms with Gasteiger partial charge in [-0.3, -0.25) is 4.79 Å². The molecule has 0 aliphatic heterocycles. The van der Waals surface area contributed by atoms with Gasteiger partial charge in [0.1, 0.15) is 5.82 Å². The fraction of sp³-hybridized carbons (Fsp3) is 0.385. The van der Waals surface area contributed by atoms with E-state index in [4.69, 9.17) is 17.3 Å². The highest BCUT2D eigenvalue weighted by Gasteiger charge is 2.14. The van der Waals surface area contributed by atoms with E-state index >= 15 is 0 Å². The van der Waals surface area contributed by atoms with E-state index in [-0.39, 0.29) is 5.56 Å². The maximum atomic E-state index is 12.6. The first-order valence-corrected chi connectivity index (χ1v) is 6.59. The van der Waals surface area contributed by atoms with Gasteiger partial charge in [0, 0.05) is 26.6 Å². The summed E-state index contributed by atoms with van der Waals surface area (Å²) in [7, 11) is 1.82. The molecule has 1 aromatic carbocycles. The number of halogens is 1. The summed E-state index contributed by atoms with van der Waals surface area (Å²) >= 11 is 6.12. The Labute approximate surface area is 116 Å². The van der Waals surface area contributed by atoms with Crippen molar-refractivity contribution in [3.8, 4) is 0 Å². The summed E-state index contributed by atoms with van der Waals surface area (Å²) in [4.78, 5) is 17.1. The number of hydrogen-bond donors (Lipinski definition) is 1. The smallest absolute Gasteiger partial charge is 0.281 e. The van der Waals surface area contributed by atoms with Crippen molar-refractivity contribution < 1.29 is 0 Å². The van der Waals surface area contributed by atoms with Gasteiger partial charge in [0.15, 0.2) is 0 Å². The van der Waals surface area contributed by atoms with Gasteiger partial charge >= 0.3 is 0 Å². The molecule has 19 heavy (non-hydrogen) atoms. The highest BCUT2D eigenvalue weighted by Crippen LogP contribution is 2.18. The molecule has 0 saturated heterocycles. The zero-order valence-corrected chi connectivity index (χ0v) is 11.8. The highest BCUT2D eigenvalue weighted by atomic mass is 35.5. The minimum Gasteiger partial charge on any atom is -0.329 e. The fourth-order valence-corrected chi connectivity index (χ4v) is 2.35. The minimum absolute atomic E-state index is 0.150. The zero-order valence-electron chi connectivity index (χ0n) is 11.1. The van der Waals surface area contributed by atoms with Crippen LogP contribution in [0.3, 0.4) is 0 Å². The molecule has 102 valence electrons. The second-order valence-electron chi connectivity index (χ2n) is 4.30. The van der Waals surface area contributed by atoms with Crippen LogP contribution in [-0.4, -0.2) is 29.8 Å². The predicted octanol–water partition coefficient (Wildman–Crippen LogP) is 1.14. The van der Waals surface area contributed by atoms with E-state index < -0.39 is 0 Å². The second-order valence-corrected chi connectivity index (χ2v) is 4.71. The molecule has 2 rings (SSSR count). The summed E-state index contributed by atoms with van der Waals surface area (Å²) in [5.74, 6) is 0.704. The first kappa shape index (κ1) is 13.8. The van der Waals surface area contributed by atoms with Gasteiger partial charge in [0.2, 0.25) is 0 Å². The molecule has 0 fully saturated rings. The summed E-state index contributed by atoms with van der Waals surface area (Å²) in [6, 6.07) is 5.30. The van der Waals surface area contributed by atoms with Gasteiger partial charge in [0.05, 0.1) is 15.9 Å². The monoisotopic (exact) mass is 280 g/mol. The van der Waals surface area contributed by atoms with Gasteiger partial charge in [-0.1, -0.05) is 24.6 Å². The predicted molar refractivity (Wildman–Crippen MR) is 78.5 cm³/mol. The lowest BCUT2D eigenvalue weighted by Gasteiger charge is -2.23. The molecular formula is C13H17ClN4O. The number of rotatable bonds is 4. The van der Waals surface area contributed by atoms with E-state index in [0.29, 0.717) is 41.3 Å². The number of benzene rings is 1. The Morgan fingerprint density at radius 2 is 2.21 bits per heavy atom. The molecular weight excluding hydrogens is 264 g/mol. The SMILES string of the molecule is CCc1nc2cccc(Cl)c2c(=O)n1N(C)CCN. The van der Waals surface area contributed by atoms with E-state index in [1.165, 1.54) is 0 Å². The highest BCUT2D eigenvalue weighted by molar-refractivity contribution is 6.35. The van der Waals surface area contributed by atoms with Crippen molar-refractivity contribution in [2.45, 2.75) is 13.3 Å². The summed E-state index contributed by atoms with van der Waals surface area (Å²) in [5, 5.41) is 2.65. The number of nitrogens with zero attached hydrogens (tertiary/aromatic N) is 3. The number of fused-ring (bicyclic) bond motifs is 1. The van der Waals surface area contributed by atoms with Crippen LogP contribution in [0.4, 0.5) is 0 Å². The Kier molecular flexibility index (Phi) is 4.07. The third kappa shape index (κ3) is 2.43. The Morgan fingerprint density at radius 1 is 1.47 bits per heavy atom. The van der Waals surface area contributed by atoms with Crippen LogP contribution in [0.1, 0.15) is 12.7 Å². The van der Waals surface area contributed by atoms with Crippen molar-refractivity contribution in [3.05, 3.63) is 39.4 Å². The van der Waals surface area contributed by atoms with Crippen LogP contribution in [0.5, 0.6) is 0 Å². The van der Waals surface area contributed by atoms with E-state index in [9.17, 15) is 4.79 Å². The van der Waals surface area contributed by atoms with Crippen LogP contribution in [0.15, 0.2) is 23.0 Å². The van der Waals surface area contributed by atoms with Gasteiger partial charge in [-0.15, -0.1) is 0 Å². The quantitative estimate of drug-likeness (QED) is 0.912.